The monoisotopic (exact) mass is 225 g/mol. The standard InChI is InChI=1S/C9H8BrNO/c10-9-5-2-1-3(5)8(9,7(11)12)4(1)6(2)9/h1-6H,(H2,11,12). The van der Waals surface area contributed by atoms with Crippen LogP contribution in [0.1, 0.15) is 0 Å². The van der Waals surface area contributed by atoms with Crippen LogP contribution >= 0.6 is 15.9 Å². The zero-order valence-electron chi connectivity index (χ0n) is 6.33. The number of carbonyl (C=O) groups is 1. The van der Waals surface area contributed by atoms with Gasteiger partial charge in [-0.15, -0.1) is 0 Å². The average molecular weight is 226 g/mol. The van der Waals surface area contributed by atoms with Crippen molar-refractivity contribution in [1.29, 1.82) is 0 Å². The molecule has 12 heavy (non-hydrogen) atoms. The van der Waals surface area contributed by atoms with Gasteiger partial charge in [0.15, 0.2) is 0 Å². The van der Waals surface area contributed by atoms with Crippen LogP contribution in [0.4, 0.5) is 0 Å². The highest BCUT2D eigenvalue weighted by molar-refractivity contribution is 9.10. The van der Waals surface area contributed by atoms with Crippen LogP contribution in [0.15, 0.2) is 0 Å². The molecule has 6 aliphatic rings. The van der Waals surface area contributed by atoms with Crippen LogP contribution in [0.5, 0.6) is 0 Å². The minimum atomic E-state index is -0.0399. The molecule has 6 fully saturated rings. The molecule has 3 heteroatoms. The fraction of sp³-hybridized carbons (Fsp3) is 0.889. The molecule has 0 heterocycles. The quantitative estimate of drug-likeness (QED) is 0.644. The number of hydrogen-bond acceptors (Lipinski definition) is 1. The van der Waals surface area contributed by atoms with Gasteiger partial charge in [-0.1, -0.05) is 15.9 Å². The van der Waals surface area contributed by atoms with Gasteiger partial charge in [-0.25, -0.2) is 0 Å². The van der Waals surface area contributed by atoms with Crippen LogP contribution in [0.25, 0.3) is 0 Å². The van der Waals surface area contributed by atoms with E-state index in [4.69, 9.17) is 5.73 Å². The normalized spacial score (nSPS) is 88.1. The lowest BCUT2D eigenvalue weighted by molar-refractivity contribution is -0.573. The van der Waals surface area contributed by atoms with Gasteiger partial charge in [-0.3, -0.25) is 4.79 Å². The van der Waals surface area contributed by atoms with E-state index in [2.05, 4.69) is 15.9 Å². The van der Waals surface area contributed by atoms with E-state index >= 15 is 0 Å². The summed E-state index contributed by atoms with van der Waals surface area (Å²) in [6.45, 7) is 0. The van der Waals surface area contributed by atoms with E-state index in [0.717, 1.165) is 35.5 Å². The molecule has 0 radical (unpaired) electrons. The summed E-state index contributed by atoms with van der Waals surface area (Å²) in [5.74, 6) is 5.07. The van der Waals surface area contributed by atoms with Crippen molar-refractivity contribution in [3.8, 4) is 0 Å². The number of primary amides is 1. The van der Waals surface area contributed by atoms with Gasteiger partial charge in [-0.2, -0.15) is 0 Å². The third-order valence-corrected chi connectivity index (χ3v) is 7.65. The molecule has 62 valence electrons. The third-order valence-electron chi connectivity index (χ3n) is 5.94. The molecule has 4 atom stereocenters. The van der Waals surface area contributed by atoms with Crippen molar-refractivity contribution in [2.75, 3.05) is 0 Å². The summed E-state index contributed by atoms with van der Waals surface area (Å²) in [4.78, 5) is 11.4. The van der Waals surface area contributed by atoms with E-state index < -0.39 is 0 Å². The molecule has 2 N–H and O–H groups in total. The molecule has 0 bridgehead atoms. The van der Waals surface area contributed by atoms with E-state index in [-0.39, 0.29) is 15.6 Å². The summed E-state index contributed by atoms with van der Waals surface area (Å²) in [5.41, 5.74) is 5.46. The zero-order chi connectivity index (χ0) is 8.04. The maximum absolute atomic E-state index is 11.4. The molecule has 0 spiro atoms. The largest absolute Gasteiger partial charge is 0.369 e. The highest BCUT2D eigenvalue weighted by atomic mass is 79.9. The van der Waals surface area contributed by atoms with Crippen LogP contribution in [0, 0.1) is 40.9 Å². The molecular formula is C9H8BrNO. The number of alkyl halides is 1. The highest BCUT2D eigenvalue weighted by Gasteiger charge is 3.11. The van der Waals surface area contributed by atoms with Crippen molar-refractivity contribution in [3.63, 3.8) is 0 Å². The minimum absolute atomic E-state index is 0.0173. The van der Waals surface area contributed by atoms with Crippen molar-refractivity contribution in [2.45, 2.75) is 4.32 Å². The Kier molecular flexibility index (Phi) is 0.469. The van der Waals surface area contributed by atoms with E-state index in [9.17, 15) is 4.79 Å². The summed E-state index contributed by atoms with van der Waals surface area (Å²) in [6, 6.07) is 0. The van der Waals surface area contributed by atoms with E-state index in [1.807, 2.05) is 0 Å². The molecule has 0 saturated heterocycles. The fourth-order valence-electron chi connectivity index (χ4n) is 5.92. The Morgan fingerprint density at radius 2 is 1.67 bits per heavy atom. The Hall–Kier alpha value is -0.0500. The second-order valence-corrected chi connectivity index (χ2v) is 6.57. The molecular weight excluding hydrogens is 218 g/mol. The van der Waals surface area contributed by atoms with E-state index in [1.165, 1.54) is 0 Å². The van der Waals surface area contributed by atoms with Gasteiger partial charge >= 0.3 is 0 Å². The Morgan fingerprint density at radius 1 is 1.17 bits per heavy atom. The first-order valence-electron chi connectivity index (χ1n) is 4.67. The molecule has 0 aromatic heterocycles. The summed E-state index contributed by atoms with van der Waals surface area (Å²) in [7, 11) is 0. The molecule has 6 aliphatic carbocycles. The molecule has 6 saturated carbocycles. The van der Waals surface area contributed by atoms with Gasteiger partial charge in [0.25, 0.3) is 0 Å². The summed E-state index contributed by atoms with van der Waals surface area (Å²) in [5, 5.41) is 0. The van der Waals surface area contributed by atoms with Crippen molar-refractivity contribution < 1.29 is 4.79 Å². The Bertz CT molecular complexity index is 359. The van der Waals surface area contributed by atoms with Crippen LogP contribution in [0.2, 0.25) is 0 Å². The van der Waals surface area contributed by atoms with Gasteiger partial charge < -0.3 is 5.73 Å². The lowest BCUT2D eigenvalue weighted by Crippen LogP contribution is -3.13. The van der Waals surface area contributed by atoms with Crippen molar-refractivity contribution >= 4 is 21.8 Å². The van der Waals surface area contributed by atoms with E-state index in [0.29, 0.717) is 0 Å². The van der Waals surface area contributed by atoms with Gasteiger partial charge in [-0.05, 0) is 35.5 Å². The van der Waals surface area contributed by atoms with Gasteiger partial charge in [0.05, 0.1) is 5.41 Å². The van der Waals surface area contributed by atoms with Crippen LogP contribution < -0.4 is 5.73 Å². The van der Waals surface area contributed by atoms with E-state index in [1.54, 1.807) is 0 Å². The maximum atomic E-state index is 11.4. The summed E-state index contributed by atoms with van der Waals surface area (Å²) < 4.78 is 0.223. The van der Waals surface area contributed by atoms with Crippen molar-refractivity contribution in [3.05, 3.63) is 0 Å². The van der Waals surface area contributed by atoms with Crippen LogP contribution in [0.3, 0.4) is 0 Å². The van der Waals surface area contributed by atoms with Crippen LogP contribution in [-0.2, 0) is 4.79 Å². The average Bonchev–Trinajstić information content (AvgIpc) is 2.03. The van der Waals surface area contributed by atoms with Gasteiger partial charge in [0.2, 0.25) is 5.91 Å². The summed E-state index contributed by atoms with van der Waals surface area (Å²) >= 11 is 3.78. The summed E-state index contributed by atoms with van der Waals surface area (Å²) in [6.07, 6.45) is 0. The number of nitrogens with two attached hydrogens (primary N) is 1. The first kappa shape index (κ1) is 5.63. The second-order valence-electron chi connectivity index (χ2n) is 5.26. The number of amides is 1. The van der Waals surface area contributed by atoms with Crippen molar-refractivity contribution in [2.24, 2.45) is 46.7 Å². The van der Waals surface area contributed by atoms with Crippen LogP contribution in [-0.4, -0.2) is 10.2 Å². The molecule has 0 aliphatic heterocycles. The Balaban J connectivity index is 1.80. The lowest BCUT2D eigenvalue weighted by atomic mass is 8.96. The SMILES string of the molecule is NC(=O)C12C3C4C5C3C1(Br)C5C42. The first-order chi connectivity index (χ1) is 5.68. The van der Waals surface area contributed by atoms with Crippen molar-refractivity contribution in [1.82, 2.24) is 0 Å². The van der Waals surface area contributed by atoms with Gasteiger partial charge in [0, 0.05) is 4.32 Å². The number of halogens is 1. The topological polar surface area (TPSA) is 43.1 Å². The molecule has 1 amide bonds. The smallest absolute Gasteiger partial charge is 0.225 e. The highest BCUT2D eigenvalue weighted by Crippen LogP contribution is 3.09. The Labute approximate surface area is 78.0 Å². The molecule has 4 unspecified atom stereocenters. The number of hydrogen-bond donors (Lipinski definition) is 1. The maximum Gasteiger partial charge on any atom is 0.225 e. The number of rotatable bonds is 1. The molecule has 0 aromatic rings. The lowest BCUT2D eigenvalue weighted by Gasteiger charge is -3.09. The zero-order valence-corrected chi connectivity index (χ0v) is 7.91. The molecule has 2 nitrogen and oxygen atoms in total. The first-order valence-corrected chi connectivity index (χ1v) is 5.46. The molecule has 0 aromatic carbocycles. The minimum Gasteiger partial charge on any atom is -0.369 e. The predicted octanol–water partition coefficient (Wildman–Crippen LogP) is 0.357. The third kappa shape index (κ3) is 0.178. The fourth-order valence-corrected chi connectivity index (χ4v) is 7.83. The predicted molar refractivity (Wildman–Crippen MR) is 44.2 cm³/mol. The van der Waals surface area contributed by atoms with Gasteiger partial charge in [0.1, 0.15) is 0 Å². The molecule has 6 rings (SSSR count). The number of carbonyl (C=O) groups excluding carboxylic acids is 1. The Morgan fingerprint density at radius 3 is 2.00 bits per heavy atom. The second kappa shape index (κ2) is 0.999.